The summed E-state index contributed by atoms with van der Waals surface area (Å²) in [6.45, 7) is 0.758. The van der Waals surface area contributed by atoms with Crippen LogP contribution >= 0.6 is 0 Å². The van der Waals surface area contributed by atoms with Gasteiger partial charge in [0.05, 0.1) is 24.9 Å². The van der Waals surface area contributed by atoms with E-state index in [0.717, 1.165) is 5.56 Å². The number of primary amides is 1. The van der Waals surface area contributed by atoms with E-state index in [1.54, 1.807) is 11.1 Å². The SMILES string of the molecule is NC(=O)[C@H]1C[C@@H](O)CN1Cc1ncc(-c2ccccc2)o1. The van der Waals surface area contributed by atoms with Crippen molar-refractivity contribution >= 4 is 5.91 Å². The van der Waals surface area contributed by atoms with Gasteiger partial charge in [-0.3, -0.25) is 9.69 Å². The third-order valence-corrected chi connectivity index (χ3v) is 3.66. The Labute approximate surface area is 122 Å². The van der Waals surface area contributed by atoms with Crippen LogP contribution in [0.4, 0.5) is 0 Å². The number of aromatic nitrogens is 1. The number of carbonyl (C=O) groups excluding carboxylic acids is 1. The maximum absolute atomic E-state index is 11.4. The number of aliphatic hydroxyl groups excluding tert-OH is 1. The van der Waals surface area contributed by atoms with Crippen molar-refractivity contribution in [2.75, 3.05) is 6.54 Å². The van der Waals surface area contributed by atoms with Crippen molar-refractivity contribution in [1.82, 2.24) is 9.88 Å². The molecule has 2 heterocycles. The predicted molar refractivity (Wildman–Crippen MR) is 76.0 cm³/mol. The molecular formula is C15H17N3O3. The van der Waals surface area contributed by atoms with Gasteiger partial charge >= 0.3 is 0 Å². The van der Waals surface area contributed by atoms with Gasteiger partial charge in [0, 0.05) is 12.1 Å². The van der Waals surface area contributed by atoms with E-state index in [9.17, 15) is 9.90 Å². The van der Waals surface area contributed by atoms with E-state index in [0.29, 0.717) is 31.2 Å². The summed E-state index contributed by atoms with van der Waals surface area (Å²) in [7, 11) is 0. The minimum atomic E-state index is -0.536. The summed E-state index contributed by atoms with van der Waals surface area (Å²) in [6.07, 6.45) is 1.49. The molecule has 1 amide bonds. The molecule has 3 rings (SSSR count). The van der Waals surface area contributed by atoms with Gasteiger partial charge in [-0.05, 0) is 6.42 Å². The number of nitrogens with zero attached hydrogens (tertiary/aromatic N) is 2. The lowest BCUT2D eigenvalue weighted by Crippen LogP contribution is -2.39. The highest BCUT2D eigenvalue weighted by Gasteiger charge is 2.35. The third-order valence-electron chi connectivity index (χ3n) is 3.66. The van der Waals surface area contributed by atoms with Gasteiger partial charge in [0.15, 0.2) is 5.76 Å². The Morgan fingerprint density at radius 3 is 2.90 bits per heavy atom. The second kappa shape index (κ2) is 5.67. The Balaban J connectivity index is 1.74. The standard InChI is InChI=1S/C15H17N3O3/c16-15(20)12-6-11(19)8-18(12)9-14-17-7-13(21-14)10-4-2-1-3-5-10/h1-5,7,11-12,19H,6,8-9H2,(H2,16,20)/t11-,12-/m1/s1. The lowest BCUT2D eigenvalue weighted by molar-refractivity contribution is -0.122. The maximum Gasteiger partial charge on any atom is 0.234 e. The average Bonchev–Trinajstić information content (AvgIpc) is 3.07. The van der Waals surface area contributed by atoms with Crippen LogP contribution in [-0.4, -0.2) is 39.6 Å². The summed E-state index contributed by atoms with van der Waals surface area (Å²) in [4.78, 5) is 17.4. The van der Waals surface area contributed by atoms with Crippen LogP contribution in [0.3, 0.4) is 0 Å². The largest absolute Gasteiger partial charge is 0.439 e. The second-order valence-electron chi connectivity index (χ2n) is 5.22. The van der Waals surface area contributed by atoms with Crippen LogP contribution in [0.5, 0.6) is 0 Å². The number of benzene rings is 1. The van der Waals surface area contributed by atoms with Crippen LogP contribution in [0.2, 0.25) is 0 Å². The summed E-state index contributed by atoms with van der Waals surface area (Å²) < 4.78 is 5.71. The summed E-state index contributed by atoms with van der Waals surface area (Å²) >= 11 is 0. The van der Waals surface area contributed by atoms with Crippen molar-refractivity contribution in [3.05, 3.63) is 42.4 Å². The van der Waals surface area contributed by atoms with Crippen molar-refractivity contribution in [1.29, 1.82) is 0 Å². The number of oxazole rings is 1. The summed E-state index contributed by atoms with van der Waals surface area (Å²) in [5.41, 5.74) is 6.31. The first kappa shape index (κ1) is 13.8. The lowest BCUT2D eigenvalue weighted by atomic mass is 10.2. The van der Waals surface area contributed by atoms with Crippen molar-refractivity contribution in [2.24, 2.45) is 5.73 Å². The van der Waals surface area contributed by atoms with Crippen LogP contribution < -0.4 is 5.73 Å². The molecule has 0 spiro atoms. The molecule has 6 heteroatoms. The van der Waals surface area contributed by atoms with Crippen molar-refractivity contribution in [3.8, 4) is 11.3 Å². The Morgan fingerprint density at radius 1 is 1.43 bits per heavy atom. The molecule has 0 saturated carbocycles. The fourth-order valence-corrected chi connectivity index (χ4v) is 2.64. The number of carbonyl (C=O) groups is 1. The zero-order valence-corrected chi connectivity index (χ0v) is 11.5. The molecule has 21 heavy (non-hydrogen) atoms. The van der Waals surface area contributed by atoms with Crippen molar-refractivity contribution in [2.45, 2.75) is 25.1 Å². The number of likely N-dealkylation sites (tertiary alicyclic amines) is 1. The summed E-state index contributed by atoms with van der Waals surface area (Å²) in [5, 5.41) is 9.68. The van der Waals surface area contributed by atoms with Crippen LogP contribution in [-0.2, 0) is 11.3 Å². The molecule has 3 N–H and O–H groups in total. The molecule has 2 aromatic rings. The van der Waals surface area contributed by atoms with Gasteiger partial charge in [0.1, 0.15) is 0 Å². The Kier molecular flexibility index (Phi) is 3.72. The molecule has 1 aliphatic rings. The normalized spacial score (nSPS) is 22.5. The molecule has 0 bridgehead atoms. The van der Waals surface area contributed by atoms with Crippen LogP contribution in [0.15, 0.2) is 40.9 Å². The minimum Gasteiger partial charge on any atom is -0.439 e. The highest BCUT2D eigenvalue weighted by atomic mass is 16.4. The van der Waals surface area contributed by atoms with Crippen molar-refractivity contribution < 1.29 is 14.3 Å². The fourth-order valence-electron chi connectivity index (χ4n) is 2.64. The first-order chi connectivity index (χ1) is 10.1. The summed E-state index contributed by atoms with van der Waals surface area (Å²) in [5.74, 6) is 0.761. The minimum absolute atomic E-state index is 0.359. The van der Waals surface area contributed by atoms with E-state index in [-0.39, 0.29) is 0 Å². The highest BCUT2D eigenvalue weighted by molar-refractivity contribution is 5.80. The van der Waals surface area contributed by atoms with Gasteiger partial charge in [-0.25, -0.2) is 4.98 Å². The zero-order valence-electron chi connectivity index (χ0n) is 11.5. The number of aliphatic hydroxyl groups is 1. The molecule has 110 valence electrons. The van der Waals surface area contributed by atoms with Gasteiger partial charge in [0.25, 0.3) is 0 Å². The molecule has 0 radical (unpaired) electrons. The number of rotatable bonds is 4. The van der Waals surface area contributed by atoms with Gasteiger partial charge in [0.2, 0.25) is 11.8 Å². The van der Waals surface area contributed by atoms with E-state index < -0.39 is 18.1 Å². The Bertz CT molecular complexity index is 626. The molecule has 2 atom stereocenters. The summed E-state index contributed by atoms with van der Waals surface area (Å²) in [6, 6.07) is 9.21. The third kappa shape index (κ3) is 2.96. The smallest absolute Gasteiger partial charge is 0.234 e. The Morgan fingerprint density at radius 2 is 2.19 bits per heavy atom. The van der Waals surface area contributed by atoms with Gasteiger partial charge in [-0.15, -0.1) is 0 Å². The van der Waals surface area contributed by atoms with E-state index in [1.165, 1.54) is 0 Å². The van der Waals surface area contributed by atoms with Gasteiger partial charge in [-0.1, -0.05) is 30.3 Å². The monoisotopic (exact) mass is 287 g/mol. The molecule has 1 aromatic heterocycles. The average molecular weight is 287 g/mol. The first-order valence-corrected chi connectivity index (χ1v) is 6.85. The molecule has 0 aliphatic carbocycles. The zero-order chi connectivity index (χ0) is 14.8. The van der Waals surface area contributed by atoms with E-state index in [2.05, 4.69) is 4.98 Å². The van der Waals surface area contributed by atoms with Crippen LogP contribution in [0.25, 0.3) is 11.3 Å². The molecular weight excluding hydrogens is 270 g/mol. The van der Waals surface area contributed by atoms with E-state index >= 15 is 0 Å². The topological polar surface area (TPSA) is 92.6 Å². The molecule has 1 fully saturated rings. The fraction of sp³-hybridized carbons (Fsp3) is 0.333. The number of amides is 1. The van der Waals surface area contributed by atoms with Gasteiger partial charge in [-0.2, -0.15) is 0 Å². The van der Waals surface area contributed by atoms with Crippen molar-refractivity contribution in [3.63, 3.8) is 0 Å². The van der Waals surface area contributed by atoms with Crippen LogP contribution in [0, 0.1) is 0 Å². The molecule has 1 aromatic carbocycles. The molecule has 0 unspecified atom stereocenters. The quantitative estimate of drug-likeness (QED) is 0.866. The van der Waals surface area contributed by atoms with E-state index in [4.69, 9.17) is 10.2 Å². The number of β-amino-alcohol motifs (C(OH)–C–C–N with tert-alkyl or cyclic N) is 1. The maximum atomic E-state index is 11.4. The predicted octanol–water partition coefficient (Wildman–Crippen LogP) is 0.762. The first-order valence-electron chi connectivity index (χ1n) is 6.85. The molecule has 6 nitrogen and oxygen atoms in total. The highest BCUT2D eigenvalue weighted by Crippen LogP contribution is 2.23. The number of hydrogen-bond donors (Lipinski definition) is 2. The molecule has 1 saturated heterocycles. The number of hydrogen-bond acceptors (Lipinski definition) is 5. The molecule has 1 aliphatic heterocycles. The van der Waals surface area contributed by atoms with Crippen LogP contribution in [0.1, 0.15) is 12.3 Å². The van der Waals surface area contributed by atoms with E-state index in [1.807, 2.05) is 30.3 Å². The number of nitrogens with two attached hydrogens (primary N) is 1. The Hall–Kier alpha value is -2.18. The van der Waals surface area contributed by atoms with Gasteiger partial charge < -0.3 is 15.3 Å². The second-order valence-corrected chi connectivity index (χ2v) is 5.22. The lowest BCUT2D eigenvalue weighted by Gasteiger charge is -2.19.